The fourth-order valence-corrected chi connectivity index (χ4v) is 2.78. The number of phenolic OH excluding ortho intramolecular Hbond substituents is 2. The minimum Gasteiger partial charge on any atom is -0.504 e. The zero-order valence-electron chi connectivity index (χ0n) is 9.32. The van der Waals surface area contributed by atoms with Crippen molar-refractivity contribution in [2.45, 2.75) is 25.7 Å². The molecule has 0 fully saturated rings. The van der Waals surface area contributed by atoms with Crippen LogP contribution in [-0.2, 0) is 19.9 Å². The second-order valence-electron chi connectivity index (χ2n) is 4.55. The molecule has 0 amide bonds. The molecule has 0 aliphatic heterocycles. The van der Waals surface area contributed by atoms with Crippen LogP contribution in [0.1, 0.15) is 24.1 Å². The normalized spacial score (nSPS) is 15.3. The Morgan fingerprint density at radius 2 is 1.75 bits per heavy atom. The standard InChI is InChI=1S/C13H15NO2/c1-14-10-5-3-2-4-8(10)9-6-12(15)13(16)7-11(9)14/h6-7,15-16H,2-5H2,1H3. The van der Waals surface area contributed by atoms with E-state index in [1.165, 1.54) is 24.1 Å². The Morgan fingerprint density at radius 1 is 1.06 bits per heavy atom. The smallest absolute Gasteiger partial charge is 0.159 e. The molecule has 3 rings (SSSR count). The molecule has 1 aliphatic carbocycles. The number of fused-ring (bicyclic) bond motifs is 3. The molecule has 0 spiro atoms. The Hall–Kier alpha value is -1.64. The number of aromatic hydroxyl groups is 2. The van der Waals surface area contributed by atoms with Crippen molar-refractivity contribution in [1.82, 2.24) is 4.57 Å². The fourth-order valence-electron chi connectivity index (χ4n) is 2.78. The molecule has 0 atom stereocenters. The van der Waals surface area contributed by atoms with E-state index in [1.807, 2.05) is 7.05 Å². The Balaban J connectivity index is 2.40. The summed E-state index contributed by atoms with van der Waals surface area (Å²) in [5.41, 5.74) is 3.72. The monoisotopic (exact) mass is 217 g/mol. The third-order valence-electron chi connectivity index (χ3n) is 3.62. The number of hydrogen-bond donors (Lipinski definition) is 2. The van der Waals surface area contributed by atoms with E-state index in [0.717, 1.165) is 23.7 Å². The van der Waals surface area contributed by atoms with Crippen molar-refractivity contribution in [2.75, 3.05) is 0 Å². The van der Waals surface area contributed by atoms with Crippen molar-refractivity contribution in [2.24, 2.45) is 7.05 Å². The Kier molecular flexibility index (Phi) is 1.90. The van der Waals surface area contributed by atoms with Crippen LogP contribution in [-0.4, -0.2) is 14.8 Å². The van der Waals surface area contributed by atoms with Crippen molar-refractivity contribution < 1.29 is 10.2 Å². The first kappa shape index (κ1) is 9.58. The quantitative estimate of drug-likeness (QED) is 0.666. The van der Waals surface area contributed by atoms with Gasteiger partial charge in [0.2, 0.25) is 0 Å². The van der Waals surface area contributed by atoms with Gasteiger partial charge in [-0.3, -0.25) is 0 Å². The van der Waals surface area contributed by atoms with E-state index in [2.05, 4.69) is 4.57 Å². The van der Waals surface area contributed by atoms with Gasteiger partial charge in [-0.15, -0.1) is 0 Å². The molecule has 1 heterocycles. The summed E-state index contributed by atoms with van der Waals surface area (Å²) in [6.07, 6.45) is 4.63. The molecule has 0 saturated heterocycles. The van der Waals surface area contributed by atoms with Gasteiger partial charge in [0.25, 0.3) is 0 Å². The maximum Gasteiger partial charge on any atom is 0.159 e. The van der Waals surface area contributed by atoms with Crippen LogP contribution in [0, 0.1) is 0 Å². The van der Waals surface area contributed by atoms with Crippen LogP contribution in [0.2, 0.25) is 0 Å². The van der Waals surface area contributed by atoms with E-state index in [1.54, 1.807) is 12.1 Å². The molecule has 0 unspecified atom stereocenters. The fraction of sp³-hybridized carbons (Fsp3) is 0.385. The largest absolute Gasteiger partial charge is 0.504 e. The molecule has 84 valence electrons. The van der Waals surface area contributed by atoms with Crippen molar-refractivity contribution in [1.29, 1.82) is 0 Å². The van der Waals surface area contributed by atoms with Crippen LogP contribution in [0.5, 0.6) is 11.5 Å². The van der Waals surface area contributed by atoms with Gasteiger partial charge in [-0.1, -0.05) is 0 Å². The summed E-state index contributed by atoms with van der Waals surface area (Å²) in [5.74, 6) is -0.0584. The van der Waals surface area contributed by atoms with Crippen LogP contribution in [0.15, 0.2) is 12.1 Å². The average Bonchev–Trinajstić information content (AvgIpc) is 2.55. The number of nitrogens with zero attached hydrogens (tertiary/aromatic N) is 1. The topological polar surface area (TPSA) is 45.4 Å². The van der Waals surface area contributed by atoms with Crippen molar-refractivity contribution >= 4 is 10.9 Å². The molecule has 0 radical (unpaired) electrons. The molecule has 1 aromatic heterocycles. The predicted molar refractivity (Wildman–Crippen MR) is 62.9 cm³/mol. The third-order valence-corrected chi connectivity index (χ3v) is 3.62. The van der Waals surface area contributed by atoms with Crippen LogP contribution < -0.4 is 0 Å². The zero-order valence-corrected chi connectivity index (χ0v) is 9.32. The van der Waals surface area contributed by atoms with E-state index >= 15 is 0 Å². The highest BCUT2D eigenvalue weighted by molar-refractivity contribution is 5.88. The predicted octanol–water partition coefficient (Wildman–Crippen LogP) is 2.47. The van der Waals surface area contributed by atoms with E-state index in [-0.39, 0.29) is 11.5 Å². The lowest BCUT2D eigenvalue weighted by Crippen LogP contribution is -2.04. The van der Waals surface area contributed by atoms with Crippen LogP contribution in [0.3, 0.4) is 0 Å². The van der Waals surface area contributed by atoms with Gasteiger partial charge in [0.1, 0.15) is 0 Å². The number of aryl methyl sites for hydroxylation is 2. The SMILES string of the molecule is Cn1c2c(c3cc(O)c(O)cc31)CCCC2. The Morgan fingerprint density at radius 3 is 2.56 bits per heavy atom. The minimum absolute atomic E-state index is 0.0218. The highest BCUT2D eigenvalue weighted by atomic mass is 16.3. The van der Waals surface area contributed by atoms with Gasteiger partial charge < -0.3 is 14.8 Å². The van der Waals surface area contributed by atoms with E-state index in [4.69, 9.17) is 0 Å². The second kappa shape index (κ2) is 3.17. The minimum atomic E-state index is -0.0366. The van der Waals surface area contributed by atoms with Gasteiger partial charge in [-0.25, -0.2) is 0 Å². The number of aromatic nitrogens is 1. The van der Waals surface area contributed by atoms with Crippen molar-refractivity contribution in [3.8, 4) is 11.5 Å². The highest BCUT2D eigenvalue weighted by Crippen LogP contribution is 2.37. The number of benzene rings is 1. The summed E-state index contributed by atoms with van der Waals surface area (Å²) < 4.78 is 2.14. The van der Waals surface area contributed by atoms with E-state index in [9.17, 15) is 10.2 Å². The third kappa shape index (κ3) is 1.14. The first-order chi connectivity index (χ1) is 7.68. The number of phenols is 2. The van der Waals surface area contributed by atoms with Crippen LogP contribution in [0.25, 0.3) is 10.9 Å². The van der Waals surface area contributed by atoms with E-state index in [0.29, 0.717) is 0 Å². The van der Waals surface area contributed by atoms with Gasteiger partial charge in [0.15, 0.2) is 11.5 Å². The van der Waals surface area contributed by atoms with Gasteiger partial charge in [-0.05, 0) is 37.3 Å². The van der Waals surface area contributed by atoms with Gasteiger partial charge >= 0.3 is 0 Å². The van der Waals surface area contributed by atoms with Crippen molar-refractivity contribution in [3.63, 3.8) is 0 Å². The summed E-state index contributed by atoms with van der Waals surface area (Å²) in [6.45, 7) is 0. The van der Waals surface area contributed by atoms with Gasteiger partial charge in [-0.2, -0.15) is 0 Å². The lowest BCUT2D eigenvalue weighted by atomic mass is 9.95. The lowest BCUT2D eigenvalue weighted by molar-refractivity contribution is 0.404. The summed E-state index contributed by atoms with van der Waals surface area (Å²) in [4.78, 5) is 0. The summed E-state index contributed by atoms with van der Waals surface area (Å²) in [6, 6.07) is 3.35. The molecule has 0 saturated carbocycles. The molecule has 16 heavy (non-hydrogen) atoms. The summed E-state index contributed by atoms with van der Waals surface area (Å²) in [5, 5.41) is 20.2. The van der Waals surface area contributed by atoms with E-state index < -0.39 is 0 Å². The zero-order chi connectivity index (χ0) is 11.3. The highest BCUT2D eigenvalue weighted by Gasteiger charge is 2.19. The molecule has 2 aromatic rings. The van der Waals surface area contributed by atoms with Gasteiger partial charge in [0, 0.05) is 24.2 Å². The average molecular weight is 217 g/mol. The Labute approximate surface area is 93.9 Å². The maximum atomic E-state index is 9.57. The van der Waals surface area contributed by atoms with Crippen molar-refractivity contribution in [3.05, 3.63) is 23.4 Å². The van der Waals surface area contributed by atoms with Crippen LogP contribution in [0.4, 0.5) is 0 Å². The molecule has 1 aromatic carbocycles. The maximum absolute atomic E-state index is 9.57. The van der Waals surface area contributed by atoms with Gasteiger partial charge in [0.05, 0.1) is 5.52 Å². The Bertz CT molecular complexity index is 569. The summed E-state index contributed by atoms with van der Waals surface area (Å²) >= 11 is 0. The van der Waals surface area contributed by atoms with Crippen LogP contribution >= 0.6 is 0 Å². The molecule has 1 aliphatic rings. The number of rotatable bonds is 0. The first-order valence-corrected chi connectivity index (χ1v) is 5.70. The first-order valence-electron chi connectivity index (χ1n) is 5.70. The summed E-state index contributed by atoms with van der Waals surface area (Å²) in [7, 11) is 2.03. The molecular formula is C13H15NO2. The number of hydrogen-bond acceptors (Lipinski definition) is 2. The molecular weight excluding hydrogens is 202 g/mol. The molecule has 2 N–H and O–H groups in total. The molecule has 0 bridgehead atoms. The lowest BCUT2D eigenvalue weighted by Gasteiger charge is -2.12. The molecule has 3 nitrogen and oxygen atoms in total. The molecule has 3 heteroatoms. The second-order valence-corrected chi connectivity index (χ2v) is 4.55.